The molecule has 0 saturated heterocycles. The third kappa shape index (κ3) is 8.53. The molecule has 0 N–H and O–H groups in total. The Labute approximate surface area is 171 Å². The van der Waals surface area contributed by atoms with Gasteiger partial charge in [-0.1, -0.05) is 52.8 Å². The van der Waals surface area contributed by atoms with E-state index < -0.39 is 0 Å². The highest BCUT2D eigenvalue weighted by Gasteiger charge is 2.30. The van der Waals surface area contributed by atoms with Crippen LogP contribution in [-0.4, -0.2) is 0 Å². The highest BCUT2D eigenvalue weighted by Crippen LogP contribution is 2.43. The lowest BCUT2D eigenvalue weighted by molar-refractivity contribution is 0.593. The molecular formula is C25H35FN2. The average molecular weight is 383 g/mol. The van der Waals surface area contributed by atoms with Gasteiger partial charge in [-0.15, -0.1) is 0 Å². The van der Waals surface area contributed by atoms with Gasteiger partial charge in [0.1, 0.15) is 5.82 Å². The normalized spacial score (nSPS) is 16.8. The van der Waals surface area contributed by atoms with Crippen LogP contribution in [0, 0.1) is 47.2 Å². The molecule has 2 aliphatic rings. The molecule has 1 saturated carbocycles. The van der Waals surface area contributed by atoms with Gasteiger partial charge in [0.25, 0.3) is 0 Å². The van der Waals surface area contributed by atoms with E-state index in [1.807, 2.05) is 58.9 Å². The largest absolute Gasteiger partial charge is 0.207 e. The van der Waals surface area contributed by atoms with E-state index in [0.29, 0.717) is 23.8 Å². The van der Waals surface area contributed by atoms with Gasteiger partial charge in [0.15, 0.2) is 0 Å². The monoisotopic (exact) mass is 382 g/mol. The van der Waals surface area contributed by atoms with Crippen molar-refractivity contribution in [3.05, 3.63) is 58.4 Å². The van der Waals surface area contributed by atoms with E-state index in [1.165, 1.54) is 18.4 Å². The van der Waals surface area contributed by atoms with Crippen molar-refractivity contribution in [2.45, 2.75) is 73.6 Å². The third-order valence-electron chi connectivity index (χ3n) is 4.45. The van der Waals surface area contributed by atoms with Crippen LogP contribution in [-0.2, 0) is 6.42 Å². The first-order chi connectivity index (χ1) is 13.6. The van der Waals surface area contributed by atoms with E-state index in [1.54, 1.807) is 13.0 Å². The van der Waals surface area contributed by atoms with E-state index >= 15 is 0 Å². The van der Waals surface area contributed by atoms with E-state index in [0.717, 1.165) is 24.0 Å². The first-order valence-corrected chi connectivity index (χ1v) is 10.5. The van der Waals surface area contributed by atoms with Crippen molar-refractivity contribution in [2.75, 3.05) is 0 Å². The lowest BCUT2D eigenvalue weighted by Crippen LogP contribution is -2.09. The molecule has 1 aromatic carbocycles. The molecule has 28 heavy (non-hydrogen) atoms. The van der Waals surface area contributed by atoms with Crippen LogP contribution in [0.25, 0.3) is 0 Å². The molecule has 0 radical (unpaired) electrons. The van der Waals surface area contributed by atoms with Crippen LogP contribution >= 0.6 is 0 Å². The first-order valence-electron chi connectivity index (χ1n) is 10.5. The molecule has 0 heterocycles. The summed E-state index contributed by atoms with van der Waals surface area (Å²) < 4.78 is 13.6. The van der Waals surface area contributed by atoms with Crippen molar-refractivity contribution in [3.63, 3.8) is 0 Å². The molecule has 3 rings (SSSR count). The van der Waals surface area contributed by atoms with Gasteiger partial charge in [0.05, 0.1) is 17.7 Å². The van der Waals surface area contributed by atoms with Crippen molar-refractivity contribution in [1.82, 2.24) is 0 Å². The first kappa shape index (κ1) is 25.6. The van der Waals surface area contributed by atoms with Gasteiger partial charge in [-0.25, -0.2) is 4.39 Å². The Hall–Kier alpha value is -2.39. The van der Waals surface area contributed by atoms with Crippen LogP contribution < -0.4 is 0 Å². The molecule has 2 aliphatic carbocycles. The maximum Gasteiger partial charge on any atom is 0.126 e. The average Bonchev–Trinajstić information content (AvgIpc) is 3.59. The minimum absolute atomic E-state index is 0.127. The summed E-state index contributed by atoms with van der Waals surface area (Å²) in [5, 5.41) is 16.8. The van der Waals surface area contributed by atoms with Crippen LogP contribution in [0.5, 0.6) is 0 Å². The molecule has 1 atom stereocenters. The van der Waals surface area contributed by atoms with E-state index in [2.05, 4.69) is 12.1 Å². The summed E-state index contributed by atoms with van der Waals surface area (Å²) in [5.74, 6) is 0.898. The number of hydrogen-bond donors (Lipinski definition) is 0. The molecule has 0 aliphatic heterocycles. The third-order valence-corrected chi connectivity index (χ3v) is 4.45. The highest BCUT2D eigenvalue weighted by atomic mass is 19.1. The van der Waals surface area contributed by atoms with Gasteiger partial charge >= 0.3 is 0 Å². The summed E-state index contributed by atoms with van der Waals surface area (Å²) in [7, 11) is 0. The van der Waals surface area contributed by atoms with Crippen molar-refractivity contribution < 1.29 is 4.39 Å². The Bertz CT molecular complexity index is 728. The molecule has 1 aromatic rings. The fourth-order valence-electron chi connectivity index (χ4n) is 2.93. The summed E-state index contributed by atoms with van der Waals surface area (Å²) in [4.78, 5) is 0. The Morgan fingerprint density at radius 2 is 1.71 bits per heavy atom. The van der Waals surface area contributed by atoms with Gasteiger partial charge in [-0.2, -0.15) is 10.5 Å². The summed E-state index contributed by atoms with van der Waals surface area (Å²) >= 11 is 0. The Morgan fingerprint density at radius 3 is 2.18 bits per heavy atom. The number of benzene rings is 1. The van der Waals surface area contributed by atoms with Crippen LogP contribution in [0.4, 0.5) is 4.39 Å². The number of nitrogens with zero attached hydrogens (tertiary/aromatic N) is 2. The highest BCUT2D eigenvalue weighted by molar-refractivity contribution is 5.43. The van der Waals surface area contributed by atoms with Gasteiger partial charge in [-0.05, 0) is 73.3 Å². The summed E-state index contributed by atoms with van der Waals surface area (Å²) in [6.07, 6.45) is 8.96. The Kier molecular flexibility index (Phi) is 13.4. The molecular weight excluding hydrogens is 347 g/mol. The quantitative estimate of drug-likeness (QED) is 0.545. The van der Waals surface area contributed by atoms with Crippen molar-refractivity contribution in [3.8, 4) is 12.1 Å². The Morgan fingerprint density at radius 1 is 1.11 bits per heavy atom. The predicted molar refractivity (Wildman–Crippen MR) is 116 cm³/mol. The second-order valence-corrected chi connectivity index (χ2v) is 6.45. The van der Waals surface area contributed by atoms with Gasteiger partial charge in [0.2, 0.25) is 0 Å². The Balaban J connectivity index is 0.000000797. The molecule has 1 fully saturated rings. The number of rotatable bonds is 3. The molecule has 2 nitrogen and oxygen atoms in total. The number of aryl methyl sites for hydroxylation is 1. The van der Waals surface area contributed by atoms with E-state index in [-0.39, 0.29) is 5.82 Å². The van der Waals surface area contributed by atoms with Crippen molar-refractivity contribution in [1.29, 1.82) is 10.5 Å². The lowest BCUT2D eigenvalue weighted by Gasteiger charge is -2.20. The SMILES string of the molecule is CC.CC.CCC#N.Cc1ccc(CC2C=CC(C#N)=C(C3CC3)C2)cc1F. The molecule has 0 spiro atoms. The van der Waals surface area contributed by atoms with Crippen molar-refractivity contribution in [2.24, 2.45) is 11.8 Å². The standard InChI is InChI=1S/C18H18FN.C3H5N.2C2H6/c1-12-2-3-14(10-18(12)19)8-13-4-5-16(11-20)17(9-13)15-6-7-15;1-2-3-4;2*1-2/h2-5,10,13,15H,6-9H2,1H3;2H2,1H3;2*1-2H3. The molecule has 152 valence electrons. The van der Waals surface area contributed by atoms with E-state index in [4.69, 9.17) is 5.26 Å². The second kappa shape index (κ2) is 14.6. The van der Waals surface area contributed by atoms with Crippen LogP contribution in [0.15, 0.2) is 41.5 Å². The van der Waals surface area contributed by atoms with Crippen LogP contribution in [0.1, 0.15) is 71.4 Å². The number of halogens is 1. The summed E-state index contributed by atoms with van der Waals surface area (Å²) in [5.41, 5.74) is 3.92. The summed E-state index contributed by atoms with van der Waals surface area (Å²) in [6, 6.07) is 9.73. The fraction of sp³-hybridized carbons (Fsp3) is 0.520. The molecule has 0 bridgehead atoms. The maximum atomic E-state index is 13.6. The van der Waals surface area contributed by atoms with Crippen molar-refractivity contribution >= 4 is 0 Å². The molecule has 1 unspecified atom stereocenters. The second-order valence-electron chi connectivity index (χ2n) is 6.45. The predicted octanol–water partition coefficient (Wildman–Crippen LogP) is 7.46. The molecule has 0 aromatic heterocycles. The number of allylic oxidation sites excluding steroid dienone is 4. The minimum Gasteiger partial charge on any atom is -0.207 e. The van der Waals surface area contributed by atoms with Crippen LogP contribution in [0.2, 0.25) is 0 Å². The lowest BCUT2D eigenvalue weighted by atomic mass is 9.84. The fourth-order valence-corrected chi connectivity index (χ4v) is 2.93. The topological polar surface area (TPSA) is 47.6 Å². The van der Waals surface area contributed by atoms with Gasteiger partial charge < -0.3 is 0 Å². The summed E-state index contributed by atoms with van der Waals surface area (Å²) in [6.45, 7) is 11.6. The van der Waals surface area contributed by atoms with Gasteiger partial charge in [0, 0.05) is 6.42 Å². The number of hydrogen-bond acceptors (Lipinski definition) is 2. The van der Waals surface area contributed by atoms with Crippen LogP contribution in [0.3, 0.4) is 0 Å². The zero-order chi connectivity index (χ0) is 21.5. The zero-order valence-corrected chi connectivity index (χ0v) is 18.3. The molecule has 3 heteroatoms. The van der Waals surface area contributed by atoms with Gasteiger partial charge in [-0.3, -0.25) is 0 Å². The minimum atomic E-state index is -0.127. The zero-order valence-electron chi connectivity index (χ0n) is 18.3. The number of nitriles is 2. The smallest absolute Gasteiger partial charge is 0.126 e. The molecule has 0 amide bonds. The maximum absolute atomic E-state index is 13.6. The van der Waals surface area contributed by atoms with E-state index in [9.17, 15) is 9.65 Å².